The molecule has 0 bridgehead atoms. The van der Waals surface area contributed by atoms with Crippen molar-refractivity contribution in [3.8, 4) is 0 Å². The van der Waals surface area contributed by atoms with Crippen molar-refractivity contribution in [1.82, 2.24) is 0 Å². The van der Waals surface area contributed by atoms with Crippen molar-refractivity contribution in [3.05, 3.63) is 24.0 Å². The summed E-state index contributed by atoms with van der Waals surface area (Å²) >= 11 is 0. The molecule has 0 saturated heterocycles. The smallest absolute Gasteiger partial charge is 0.343 e. The van der Waals surface area contributed by atoms with Gasteiger partial charge in [0.2, 0.25) is 0 Å². The maximum atomic E-state index is 9.72. The fourth-order valence-electron chi connectivity index (χ4n) is 5.83. The van der Waals surface area contributed by atoms with Gasteiger partial charge in [0.25, 0.3) is 0 Å². The second-order valence-electron chi connectivity index (χ2n) is 8.14. The van der Waals surface area contributed by atoms with Gasteiger partial charge in [-0.3, -0.25) is 0 Å². The maximum absolute atomic E-state index is 9.72. The predicted octanol–water partition coefficient (Wildman–Crippen LogP) is 3.34. The van der Waals surface area contributed by atoms with Gasteiger partial charge in [0, 0.05) is 11.5 Å². The first-order chi connectivity index (χ1) is 9.84. The number of aliphatic hydroxyl groups is 2. The molecular weight excluding hydrogens is 264 g/mol. The maximum Gasteiger partial charge on any atom is 0.343 e. The molecule has 1 aliphatic heterocycles. The minimum absolute atomic E-state index is 0.165. The fourth-order valence-corrected chi connectivity index (χ4v) is 5.83. The van der Waals surface area contributed by atoms with Crippen LogP contribution in [0.5, 0.6) is 0 Å². The van der Waals surface area contributed by atoms with Crippen LogP contribution in [0.4, 0.5) is 0 Å². The largest absolute Gasteiger partial charge is 0.440 e. The zero-order valence-corrected chi connectivity index (χ0v) is 13.0. The second kappa shape index (κ2) is 4.14. The lowest BCUT2D eigenvalue weighted by Gasteiger charge is -2.55. The molecule has 5 atom stereocenters. The SMILES string of the molecule is C[C@@]12CCC[C@H]1[C@@H]1CC=C3OC(O)(O)C=C[C@]3(C)[C@H]1CC2. The van der Waals surface area contributed by atoms with E-state index in [9.17, 15) is 10.2 Å². The molecule has 0 aromatic heterocycles. The van der Waals surface area contributed by atoms with Crippen LogP contribution >= 0.6 is 0 Å². The third kappa shape index (κ3) is 1.86. The molecule has 3 nitrogen and oxygen atoms in total. The molecule has 2 saturated carbocycles. The molecule has 0 spiro atoms. The Kier molecular flexibility index (Phi) is 2.73. The van der Waals surface area contributed by atoms with Crippen molar-refractivity contribution in [2.75, 3.05) is 0 Å². The first kappa shape index (κ1) is 13.8. The van der Waals surface area contributed by atoms with Crippen LogP contribution in [-0.4, -0.2) is 16.2 Å². The van der Waals surface area contributed by atoms with Crippen LogP contribution in [0.3, 0.4) is 0 Å². The normalized spacial score (nSPS) is 50.5. The summed E-state index contributed by atoms with van der Waals surface area (Å²) in [4.78, 5) is 0. The van der Waals surface area contributed by atoms with E-state index in [1.165, 1.54) is 38.2 Å². The average molecular weight is 290 g/mol. The lowest BCUT2D eigenvalue weighted by molar-refractivity contribution is -0.298. The lowest BCUT2D eigenvalue weighted by atomic mass is 9.51. The van der Waals surface area contributed by atoms with E-state index in [4.69, 9.17) is 4.74 Å². The Morgan fingerprint density at radius 1 is 1.10 bits per heavy atom. The van der Waals surface area contributed by atoms with Crippen LogP contribution in [0, 0.1) is 28.6 Å². The van der Waals surface area contributed by atoms with E-state index in [1.54, 1.807) is 0 Å². The Bertz CT molecular complexity index is 521. The average Bonchev–Trinajstić information content (AvgIpc) is 2.81. The van der Waals surface area contributed by atoms with Crippen molar-refractivity contribution in [1.29, 1.82) is 0 Å². The Labute approximate surface area is 126 Å². The molecule has 3 aliphatic carbocycles. The van der Waals surface area contributed by atoms with E-state index in [0.29, 0.717) is 11.3 Å². The summed E-state index contributed by atoms with van der Waals surface area (Å²) in [5, 5.41) is 19.4. The van der Waals surface area contributed by atoms with Gasteiger partial charge < -0.3 is 14.9 Å². The Morgan fingerprint density at radius 3 is 2.71 bits per heavy atom. The minimum Gasteiger partial charge on any atom is -0.440 e. The standard InChI is InChI=1S/C18H26O3/c1-16-8-3-4-13(16)12-5-6-15-17(2,14(12)7-9-16)10-11-18(19,20)21-15/h6,10-14,19-20H,3-5,7-9H2,1-2H3/t12-,13-,14-,16-,17+/m0/s1. The van der Waals surface area contributed by atoms with Crippen LogP contribution in [-0.2, 0) is 4.74 Å². The Balaban J connectivity index is 1.71. The van der Waals surface area contributed by atoms with Crippen LogP contribution < -0.4 is 0 Å². The fraction of sp³-hybridized carbons (Fsp3) is 0.778. The monoisotopic (exact) mass is 290 g/mol. The second-order valence-corrected chi connectivity index (χ2v) is 8.14. The highest BCUT2D eigenvalue weighted by molar-refractivity contribution is 5.28. The van der Waals surface area contributed by atoms with Gasteiger partial charge >= 0.3 is 5.97 Å². The molecule has 0 unspecified atom stereocenters. The summed E-state index contributed by atoms with van der Waals surface area (Å²) in [6.45, 7) is 4.70. The van der Waals surface area contributed by atoms with Crippen molar-refractivity contribution < 1.29 is 14.9 Å². The summed E-state index contributed by atoms with van der Waals surface area (Å²) in [6.07, 6.45) is 13.2. The van der Waals surface area contributed by atoms with Crippen LogP contribution in [0.25, 0.3) is 0 Å². The van der Waals surface area contributed by atoms with Crippen LogP contribution in [0.2, 0.25) is 0 Å². The minimum atomic E-state index is -2.13. The molecule has 116 valence electrons. The zero-order valence-electron chi connectivity index (χ0n) is 13.0. The van der Waals surface area contributed by atoms with Gasteiger partial charge in [0.1, 0.15) is 5.76 Å². The summed E-state index contributed by atoms with van der Waals surface area (Å²) in [6, 6.07) is 0. The Morgan fingerprint density at radius 2 is 1.90 bits per heavy atom. The molecule has 21 heavy (non-hydrogen) atoms. The zero-order chi connectivity index (χ0) is 14.9. The number of ether oxygens (including phenoxy) is 1. The molecule has 2 fully saturated rings. The topological polar surface area (TPSA) is 49.7 Å². The molecule has 1 heterocycles. The van der Waals surface area contributed by atoms with E-state index in [1.807, 2.05) is 6.08 Å². The number of hydrogen-bond donors (Lipinski definition) is 2. The highest BCUT2D eigenvalue weighted by Crippen LogP contribution is 2.63. The first-order valence-electron chi connectivity index (χ1n) is 8.39. The first-order valence-corrected chi connectivity index (χ1v) is 8.39. The van der Waals surface area contributed by atoms with Gasteiger partial charge in [-0.2, -0.15) is 0 Å². The highest BCUT2D eigenvalue weighted by Gasteiger charge is 2.56. The molecule has 2 N–H and O–H groups in total. The van der Waals surface area contributed by atoms with E-state index in [2.05, 4.69) is 19.9 Å². The summed E-state index contributed by atoms with van der Waals surface area (Å²) in [5.41, 5.74) is 0.377. The van der Waals surface area contributed by atoms with Crippen molar-refractivity contribution in [3.63, 3.8) is 0 Å². The molecule has 4 rings (SSSR count). The van der Waals surface area contributed by atoms with E-state index in [-0.39, 0.29) is 5.41 Å². The van der Waals surface area contributed by atoms with Gasteiger partial charge in [-0.25, -0.2) is 0 Å². The predicted molar refractivity (Wildman–Crippen MR) is 79.9 cm³/mol. The third-order valence-electron chi connectivity index (χ3n) is 7.00. The van der Waals surface area contributed by atoms with E-state index < -0.39 is 5.97 Å². The highest BCUT2D eigenvalue weighted by atomic mass is 16.8. The Hall–Kier alpha value is -0.800. The van der Waals surface area contributed by atoms with Gasteiger partial charge in [0.15, 0.2) is 0 Å². The molecular formula is C18H26O3. The van der Waals surface area contributed by atoms with Gasteiger partial charge in [-0.15, -0.1) is 0 Å². The van der Waals surface area contributed by atoms with Gasteiger partial charge in [-0.05, 0) is 68.3 Å². The molecule has 0 amide bonds. The summed E-state index contributed by atoms with van der Waals surface area (Å²) in [7, 11) is 0. The molecule has 0 aromatic carbocycles. The molecule has 0 radical (unpaired) electrons. The quantitative estimate of drug-likeness (QED) is 0.531. The van der Waals surface area contributed by atoms with Crippen molar-refractivity contribution >= 4 is 0 Å². The number of hydrogen-bond acceptors (Lipinski definition) is 3. The van der Waals surface area contributed by atoms with Crippen molar-refractivity contribution in [2.45, 2.75) is 58.3 Å². The van der Waals surface area contributed by atoms with Crippen molar-refractivity contribution in [2.24, 2.45) is 28.6 Å². The van der Waals surface area contributed by atoms with Gasteiger partial charge in [0.05, 0.1) is 0 Å². The molecule has 4 aliphatic rings. The van der Waals surface area contributed by atoms with E-state index in [0.717, 1.165) is 24.0 Å². The number of allylic oxidation sites excluding steroid dienone is 2. The molecule has 3 heteroatoms. The van der Waals surface area contributed by atoms with Gasteiger partial charge in [-0.1, -0.05) is 19.4 Å². The lowest BCUT2D eigenvalue weighted by Crippen LogP contribution is -2.50. The van der Waals surface area contributed by atoms with E-state index >= 15 is 0 Å². The summed E-state index contributed by atoms with van der Waals surface area (Å²) in [5.74, 6) is 0.751. The van der Waals surface area contributed by atoms with Crippen LogP contribution in [0.1, 0.15) is 52.4 Å². The molecule has 0 aromatic rings. The third-order valence-corrected chi connectivity index (χ3v) is 7.00. The number of fused-ring (bicyclic) bond motifs is 5. The number of rotatable bonds is 0. The van der Waals surface area contributed by atoms with Crippen LogP contribution in [0.15, 0.2) is 24.0 Å². The summed E-state index contributed by atoms with van der Waals surface area (Å²) < 4.78 is 5.45.